The number of hydrogen-bond acceptors (Lipinski definition) is 2. The van der Waals surface area contributed by atoms with Crippen LogP contribution in [-0.4, -0.2) is 29.2 Å². The lowest BCUT2D eigenvalue weighted by molar-refractivity contribution is -0.138. The minimum absolute atomic E-state index is 0.000240. The Morgan fingerprint density at radius 2 is 1.94 bits per heavy atom. The first kappa shape index (κ1) is 14.8. The highest BCUT2D eigenvalue weighted by atomic mass is 16.4. The minimum atomic E-state index is -0.808. The summed E-state index contributed by atoms with van der Waals surface area (Å²) in [6.45, 7) is 6.54. The number of rotatable bonds is 7. The molecular formula is C13H24N2O3. The third-order valence-corrected chi connectivity index (χ3v) is 3.23. The van der Waals surface area contributed by atoms with Gasteiger partial charge in [0, 0.05) is 18.5 Å². The largest absolute Gasteiger partial charge is 0.481 e. The normalized spacial score (nSPS) is 18.2. The van der Waals surface area contributed by atoms with Crippen LogP contribution in [-0.2, 0) is 4.79 Å². The van der Waals surface area contributed by atoms with Crippen LogP contribution in [0.15, 0.2) is 0 Å². The molecule has 0 spiro atoms. The molecule has 0 aromatic heterocycles. The molecule has 104 valence electrons. The molecule has 1 atom stereocenters. The Bertz CT molecular complexity index is 311. The van der Waals surface area contributed by atoms with Crippen LogP contribution in [0.3, 0.4) is 0 Å². The van der Waals surface area contributed by atoms with E-state index in [1.54, 1.807) is 0 Å². The van der Waals surface area contributed by atoms with Crippen molar-refractivity contribution in [2.24, 2.45) is 11.8 Å². The third kappa shape index (κ3) is 5.89. The molecule has 2 amide bonds. The maximum Gasteiger partial charge on any atom is 0.315 e. The molecule has 5 nitrogen and oxygen atoms in total. The van der Waals surface area contributed by atoms with Gasteiger partial charge in [0.05, 0.1) is 0 Å². The van der Waals surface area contributed by atoms with Crippen LogP contribution in [0.5, 0.6) is 0 Å². The molecule has 5 heteroatoms. The van der Waals surface area contributed by atoms with E-state index in [0.717, 1.165) is 19.3 Å². The zero-order valence-corrected chi connectivity index (χ0v) is 11.5. The molecule has 0 aromatic carbocycles. The average molecular weight is 256 g/mol. The van der Waals surface area contributed by atoms with Crippen molar-refractivity contribution >= 4 is 12.0 Å². The smallest absolute Gasteiger partial charge is 0.315 e. The Balaban J connectivity index is 2.30. The fourth-order valence-corrected chi connectivity index (χ4v) is 2.02. The third-order valence-electron chi connectivity index (χ3n) is 3.23. The van der Waals surface area contributed by atoms with Gasteiger partial charge in [-0.05, 0) is 38.0 Å². The number of carbonyl (C=O) groups excluding carboxylic acids is 1. The van der Waals surface area contributed by atoms with E-state index >= 15 is 0 Å². The van der Waals surface area contributed by atoms with E-state index in [1.807, 2.05) is 6.92 Å². The highest BCUT2D eigenvalue weighted by Gasteiger charge is 2.38. The number of carboxylic acids is 1. The van der Waals surface area contributed by atoms with Crippen molar-refractivity contribution in [3.05, 3.63) is 0 Å². The zero-order chi connectivity index (χ0) is 13.8. The number of carbonyl (C=O) groups is 2. The molecule has 0 saturated heterocycles. The molecule has 18 heavy (non-hydrogen) atoms. The van der Waals surface area contributed by atoms with E-state index in [4.69, 9.17) is 5.11 Å². The lowest BCUT2D eigenvalue weighted by atomic mass is 9.94. The van der Waals surface area contributed by atoms with Gasteiger partial charge in [-0.25, -0.2) is 4.79 Å². The summed E-state index contributed by atoms with van der Waals surface area (Å²) in [4.78, 5) is 22.4. The summed E-state index contributed by atoms with van der Waals surface area (Å²) in [6.07, 6.45) is 2.95. The lowest BCUT2D eigenvalue weighted by Crippen LogP contribution is -2.44. The van der Waals surface area contributed by atoms with Gasteiger partial charge in [-0.15, -0.1) is 0 Å². The lowest BCUT2D eigenvalue weighted by Gasteiger charge is -2.19. The van der Waals surface area contributed by atoms with E-state index < -0.39 is 5.97 Å². The van der Waals surface area contributed by atoms with Crippen LogP contribution >= 0.6 is 0 Å². The van der Waals surface area contributed by atoms with Gasteiger partial charge in [0.25, 0.3) is 0 Å². The highest BCUT2D eigenvalue weighted by Crippen LogP contribution is 2.33. The Kier molecular flexibility index (Phi) is 4.99. The number of hydrogen-bond donors (Lipinski definition) is 3. The Labute approximate surface area is 108 Å². The van der Waals surface area contributed by atoms with Gasteiger partial charge in [0.15, 0.2) is 0 Å². The molecule has 1 fully saturated rings. The molecule has 1 rings (SSSR count). The van der Waals surface area contributed by atoms with Crippen molar-refractivity contribution in [3.8, 4) is 0 Å². The fraction of sp³-hybridized carbons (Fsp3) is 0.846. The van der Waals surface area contributed by atoms with Crippen LogP contribution in [0.25, 0.3) is 0 Å². The maximum absolute atomic E-state index is 11.6. The molecule has 0 bridgehead atoms. The second kappa shape index (κ2) is 6.07. The van der Waals surface area contributed by atoms with E-state index in [0.29, 0.717) is 12.5 Å². The summed E-state index contributed by atoms with van der Waals surface area (Å²) >= 11 is 0. The van der Waals surface area contributed by atoms with Crippen molar-refractivity contribution in [2.45, 2.75) is 52.0 Å². The number of amides is 2. The number of aliphatic carboxylic acids is 1. The van der Waals surface area contributed by atoms with Crippen LogP contribution < -0.4 is 10.6 Å². The summed E-state index contributed by atoms with van der Waals surface area (Å²) < 4.78 is 0. The topological polar surface area (TPSA) is 78.4 Å². The van der Waals surface area contributed by atoms with Crippen molar-refractivity contribution in [2.75, 3.05) is 6.54 Å². The number of urea groups is 1. The quantitative estimate of drug-likeness (QED) is 0.651. The maximum atomic E-state index is 11.6. The predicted molar refractivity (Wildman–Crippen MR) is 69.4 cm³/mol. The Morgan fingerprint density at radius 1 is 1.33 bits per heavy atom. The molecule has 3 N–H and O–H groups in total. The minimum Gasteiger partial charge on any atom is -0.481 e. The van der Waals surface area contributed by atoms with Gasteiger partial charge in [0.1, 0.15) is 0 Å². The first-order chi connectivity index (χ1) is 8.31. The van der Waals surface area contributed by atoms with E-state index in [-0.39, 0.29) is 23.9 Å². The zero-order valence-electron chi connectivity index (χ0n) is 11.5. The van der Waals surface area contributed by atoms with Gasteiger partial charge in [0.2, 0.25) is 0 Å². The Morgan fingerprint density at radius 3 is 2.39 bits per heavy atom. The van der Waals surface area contributed by atoms with Crippen molar-refractivity contribution in [1.82, 2.24) is 10.6 Å². The molecule has 0 unspecified atom stereocenters. The molecular weight excluding hydrogens is 232 g/mol. The molecule has 0 aliphatic heterocycles. The summed E-state index contributed by atoms with van der Waals surface area (Å²) in [5.41, 5.74) is -0.0373. The molecule has 0 aromatic rings. The van der Waals surface area contributed by atoms with Crippen molar-refractivity contribution < 1.29 is 14.7 Å². The van der Waals surface area contributed by atoms with Crippen molar-refractivity contribution in [3.63, 3.8) is 0 Å². The monoisotopic (exact) mass is 256 g/mol. The number of carboxylic acid groups (broad SMARTS) is 1. The molecule has 1 aliphatic rings. The van der Waals surface area contributed by atoms with Gasteiger partial charge in [-0.3, -0.25) is 4.79 Å². The van der Waals surface area contributed by atoms with Crippen molar-refractivity contribution in [1.29, 1.82) is 0 Å². The first-order valence-corrected chi connectivity index (χ1v) is 6.58. The number of nitrogens with one attached hydrogen (secondary N) is 2. The summed E-state index contributed by atoms with van der Waals surface area (Å²) in [5, 5.41) is 14.5. The molecule has 0 heterocycles. The second-order valence-electron chi connectivity index (χ2n) is 5.99. The van der Waals surface area contributed by atoms with Crippen LogP contribution in [0, 0.1) is 11.8 Å². The van der Waals surface area contributed by atoms with Crippen LogP contribution in [0.4, 0.5) is 4.79 Å². The fourth-order valence-electron chi connectivity index (χ4n) is 2.02. The van der Waals surface area contributed by atoms with E-state index in [1.165, 1.54) is 0 Å². The van der Waals surface area contributed by atoms with E-state index in [9.17, 15) is 9.59 Å². The first-order valence-electron chi connectivity index (χ1n) is 6.58. The SMILES string of the molecule is CC(C)C[C@H](CNC(=O)NC1(C)CC1)CC(=O)O. The van der Waals surface area contributed by atoms with Crippen LogP contribution in [0.1, 0.15) is 46.5 Å². The summed E-state index contributed by atoms with van der Waals surface area (Å²) in [7, 11) is 0. The standard InChI is InChI=1S/C13H24N2O3/c1-9(2)6-10(7-11(16)17)8-14-12(18)15-13(3)4-5-13/h9-10H,4-8H2,1-3H3,(H,16,17)(H2,14,15,18)/t10-/m0/s1. The molecule has 0 radical (unpaired) electrons. The van der Waals surface area contributed by atoms with Gasteiger partial charge in [-0.2, -0.15) is 0 Å². The summed E-state index contributed by atoms with van der Waals surface area (Å²) in [5.74, 6) is -0.377. The van der Waals surface area contributed by atoms with E-state index in [2.05, 4.69) is 24.5 Å². The van der Waals surface area contributed by atoms with Crippen LogP contribution in [0.2, 0.25) is 0 Å². The Hall–Kier alpha value is -1.26. The molecule has 1 saturated carbocycles. The highest BCUT2D eigenvalue weighted by molar-refractivity contribution is 5.75. The average Bonchev–Trinajstić information content (AvgIpc) is 2.90. The van der Waals surface area contributed by atoms with Gasteiger partial charge in [-0.1, -0.05) is 13.8 Å². The predicted octanol–water partition coefficient (Wildman–Crippen LogP) is 1.98. The van der Waals surface area contributed by atoms with Gasteiger partial charge < -0.3 is 15.7 Å². The molecule has 1 aliphatic carbocycles. The summed E-state index contributed by atoms with van der Waals surface area (Å²) in [6, 6.07) is -0.186. The second-order valence-corrected chi connectivity index (χ2v) is 5.99. The van der Waals surface area contributed by atoms with Gasteiger partial charge >= 0.3 is 12.0 Å².